The molecule has 4 nitrogen and oxygen atoms in total. The van der Waals surface area contributed by atoms with Crippen LogP contribution in [0.4, 0.5) is 0 Å². The first-order chi connectivity index (χ1) is 7.90. The highest BCUT2D eigenvalue weighted by Crippen LogP contribution is 2.30. The Balaban J connectivity index is 2.84. The standard InChI is InChI=1S/C13H19NO3/c1-8(2)6-11(14)10-4-5-13(12(16)7-10)17-9(3)15/h4-5,7-8,11,16H,6,14H2,1-3H3/t11-/m1/s1. The van der Waals surface area contributed by atoms with Crippen molar-refractivity contribution >= 4 is 5.97 Å². The number of carbonyl (C=O) groups excluding carboxylic acids is 1. The number of aromatic hydroxyl groups is 1. The van der Waals surface area contributed by atoms with Crippen molar-refractivity contribution in [2.24, 2.45) is 11.7 Å². The zero-order chi connectivity index (χ0) is 13.0. The van der Waals surface area contributed by atoms with Gasteiger partial charge in [-0.05, 0) is 30.0 Å². The summed E-state index contributed by atoms with van der Waals surface area (Å²) in [7, 11) is 0. The Kier molecular flexibility index (Phi) is 4.52. The van der Waals surface area contributed by atoms with Gasteiger partial charge >= 0.3 is 5.97 Å². The largest absolute Gasteiger partial charge is 0.504 e. The van der Waals surface area contributed by atoms with Crippen molar-refractivity contribution in [3.63, 3.8) is 0 Å². The molecular formula is C13H19NO3. The van der Waals surface area contributed by atoms with Crippen LogP contribution in [-0.4, -0.2) is 11.1 Å². The SMILES string of the molecule is CC(=O)Oc1ccc([C@H](N)CC(C)C)cc1O. The molecule has 1 aromatic carbocycles. The Labute approximate surface area is 101 Å². The van der Waals surface area contributed by atoms with Crippen molar-refractivity contribution in [3.8, 4) is 11.5 Å². The highest BCUT2D eigenvalue weighted by atomic mass is 16.5. The van der Waals surface area contributed by atoms with E-state index in [0.717, 1.165) is 12.0 Å². The maximum Gasteiger partial charge on any atom is 0.308 e. The van der Waals surface area contributed by atoms with Crippen LogP contribution in [0.1, 0.15) is 38.8 Å². The molecule has 3 N–H and O–H groups in total. The maximum atomic E-state index is 10.8. The summed E-state index contributed by atoms with van der Waals surface area (Å²) in [6.07, 6.45) is 0.840. The van der Waals surface area contributed by atoms with E-state index in [1.165, 1.54) is 6.92 Å². The van der Waals surface area contributed by atoms with E-state index in [-0.39, 0.29) is 17.5 Å². The molecule has 1 atom stereocenters. The molecule has 0 unspecified atom stereocenters. The molecule has 1 rings (SSSR count). The van der Waals surface area contributed by atoms with E-state index in [1.807, 2.05) is 0 Å². The van der Waals surface area contributed by atoms with E-state index in [9.17, 15) is 9.90 Å². The van der Waals surface area contributed by atoms with Gasteiger partial charge in [-0.1, -0.05) is 19.9 Å². The van der Waals surface area contributed by atoms with Crippen molar-refractivity contribution in [2.75, 3.05) is 0 Å². The fourth-order valence-electron chi connectivity index (χ4n) is 1.65. The molecule has 0 fully saturated rings. The maximum absolute atomic E-state index is 10.8. The normalized spacial score (nSPS) is 12.5. The lowest BCUT2D eigenvalue weighted by Crippen LogP contribution is -2.13. The summed E-state index contributed by atoms with van der Waals surface area (Å²) in [4.78, 5) is 10.8. The quantitative estimate of drug-likeness (QED) is 0.623. The van der Waals surface area contributed by atoms with Gasteiger partial charge in [0.1, 0.15) is 0 Å². The predicted octanol–water partition coefficient (Wildman–Crippen LogP) is 2.36. The Morgan fingerprint density at radius 3 is 2.59 bits per heavy atom. The summed E-state index contributed by atoms with van der Waals surface area (Å²) in [5, 5.41) is 9.69. The number of hydrogen-bond acceptors (Lipinski definition) is 4. The molecule has 94 valence electrons. The Bertz CT molecular complexity index is 402. The Hall–Kier alpha value is -1.55. The molecule has 0 bridgehead atoms. The minimum absolute atomic E-state index is 0.0584. The molecule has 1 aromatic rings. The number of phenols is 1. The smallest absolute Gasteiger partial charge is 0.308 e. The van der Waals surface area contributed by atoms with Crippen molar-refractivity contribution in [3.05, 3.63) is 23.8 Å². The molecule has 0 aromatic heterocycles. The lowest BCUT2D eigenvalue weighted by Gasteiger charge is -2.15. The van der Waals surface area contributed by atoms with Crippen LogP contribution in [0.2, 0.25) is 0 Å². The van der Waals surface area contributed by atoms with Gasteiger partial charge in [0.2, 0.25) is 0 Å². The molecule has 0 aliphatic heterocycles. The number of nitrogens with two attached hydrogens (primary N) is 1. The third-order valence-electron chi connectivity index (χ3n) is 2.39. The van der Waals surface area contributed by atoms with Gasteiger partial charge in [0.05, 0.1) is 0 Å². The van der Waals surface area contributed by atoms with E-state index in [0.29, 0.717) is 5.92 Å². The highest BCUT2D eigenvalue weighted by molar-refractivity contribution is 5.70. The number of carbonyl (C=O) groups is 1. The highest BCUT2D eigenvalue weighted by Gasteiger charge is 2.12. The zero-order valence-electron chi connectivity index (χ0n) is 10.4. The topological polar surface area (TPSA) is 72.5 Å². The van der Waals surface area contributed by atoms with E-state index < -0.39 is 5.97 Å². The molecule has 0 spiro atoms. The van der Waals surface area contributed by atoms with E-state index in [4.69, 9.17) is 10.5 Å². The number of rotatable bonds is 4. The second-order valence-corrected chi connectivity index (χ2v) is 4.56. The van der Waals surface area contributed by atoms with Gasteiger partial charge < -0.3 is 15.6 Å². The third-order valence-corrected chi connectivity index (χ3v) is 2.39. The number of hydrogen-bond donors (Lipinski definition) is 2. The fraction of sp³-hybridized carbons (Fsp3) is 0.462. The average Bonchev–Trinajstić information content (AvgIpc) is 2.19. The van der Waals surface area contributed by atoms with Gasteiger partial charge in [0.15, 0.2) is 11.5 Å². The molecule has 0 heterocycles. The Morgan fingerprint density at radius 1 is 1.47 bits per heavy atom. The third kappa shape index (κ3) is 4.07. The van der Waals surface area contributed by atoms with Gasteiger partial charge in [-0.15, -0.1) is 0 Å². The summed E-state index contributed by atoms with van der Waals surface area (Å²) in [5.74, 6) is 0.134. The number of benzene rings is 1. The second kappa shape index (κ2) is 5.68. The number of ether oxygens (including phenoxy) is 1. The van der Waals surface area contributed by atoms with Crippen LogP contribution >= 0.6 is 0 Å². The molecular weight excluding hydrogens is 218 g/mol. The van der Waals surface area contributed by atoms with Gasteiger partial charge in [0.25, 0.3) is 0 Å². The van der Waals surface area contributed by atoms with Crippen LogP contribution in [0.5, 0.6) is 11.5 Å². The van der Waals surface area contributed by atoms with Crippen LogP contribution in [-0.2, 0) is 4.79 Å². The number of esters is 1. The number of phenolic OH excluding ortho intramolecular Hbond substituents is 1. The summed E-state index contributed by atoms with van der Waals surface area (Å²) in [6.45, 7) is 5.47. The molecule has 0 saturated carbocycles. The predicted molar refractivity (Wildman–Crippen MR) is 65.8 cm³/mol. The van der Waals surface area contributed by atoms with Gasteiger partial charge in [-0.25, -0.2) is 0 Å². The summed E-state index contributed by atoms with van der Waals surface area (Å²) < 4.78 is 4.83. The van der Waals surface area contributed by atoms with Crippen LogP contribution < -0.4 is 10.5 Å². The minimum atomic E-state index is -0.459. The fourth-order valence-corrected chi connectivity index (χ4v) is 1.65. The molecule has 0 aliphatic rings. The van der Waals surface area contributed by atoms with Crippen LogP contribution in [0.25, 0.3) is 0 Å². The lowest BCUT2D eigenvalue weighted by molar-refractivity contribution is -0.132. The summed E-state index contributed by atoms with van der Waals surface area (Å²) >= 11 is 0. The Morgan fingerprint density at radius 2 is 2.12 bits per heavy atom. The van der Waals surface area contributed by atoms with E-state index in [1.54, 1.807) is 18.2 Å². The molecule has 17 heavy (non-hydrogen) atoms. The van der Waals surface area contributed by atoms with Crippen molar-refractivity contribution in [1.29, 1.82) is 0 Å². The zero-order valence-corrected chi connectivity index (χ0v) is 10.4. The van der Waals surface area contributed by atoms with Crippen molar-refractivity contribution in [1.82, 2.24) is 0 Å². The van der Waals surface area contributed by atoms with Gasteiger partial charge in [-0.3, -0.25) is 4.79 Å². The van der Waals surface area contributed by atoms with Crippen LogP contribution in [0, 0.1) is 5.92 Å². The van der Waals surface area contributed by atoms with Gasteiger partial charge in [0, 0.05) is 13.0 Å². The van der Waals surface area contributed by atoms with Gasteiger partial charge in [-0.2, -0.15) is 0 Å². The summed E-state index contributed by atoms with van der Waals surface area (Å²) in [6, 6.07) is 4.76. The molecule has 0 radical (unpaired) electrons. The molecule has 0 saturated heterocycles. The molecule has 4 heteroatoms. The van der Waals surface area contributed by atoms with E-state index >= 15 is 0 Å². The first kappa shape index (κ1) is 13.5. The molecule has 0 aliphatic carbocycles. The van der Waals surface area contributed by atoms with Crippen LogP contribution in [0.15, 0.2) is 18.2 Å². The second-order valence-electron chi connectivity index (χ2n) is 4.56. The van der Waals surface area contributed by atoms with Crippen molar-refractivity contribution in [2.45, 2.75) is 33.2 Å². The van der Waals surface area contributed by atoms with E-state index in [2.05, 4.69) is 13.8 Å². The van der Waals surface area contributed by atoms with Crippen LogP contribution in [0.3, 0.4) is 0 Å². The lowest BCUT2D eigenvalue weighted by atomic mass is 9.97. The average molecular weight is 237 g/mol. The minimum Gasteiger partial charge on any atom is -0.504 e. The molecule has 0 amide bonds. The first-order valence-electron chi connectivity index (χ1n) is 5.67. The first-order valence-corrected chi connectivity index (χ1v) is 5.67. The summed E-state index contributed by atoms with van der Waals surface area (Å²) in [5.41, 5.74) is 6.84. The van der Waals surface area contributed by atoms with Crippen molar-refractivity contribution < 1.29 is 14.6 Å². The monoisotopic (exact) mass is 237 g/mol.